The van der Waals surface area contributed by atoms with Crippen molar-refractivity contribution in [1.29, 1.82) is 0 Å². The second-order valence-electron chi connectivity index (χ2n) is 3.57. The highest BCUT2D eigenvalue weighted by Crippen LogP contribution is 2.22. The molecule has 1 aromatic rings. The van der Waals surface area contributed by atoms with Gasteiger partial charge in [0.1, 0.15) is 0 Å². The maximum Gasteiger partial charge on any atom is 0.270 e. The number of nitro benzene ring substituents is 1. The van der Waals surface area contributed by atoms with Crippen LogP contribution in [0.4, 0.5) is 5.69 Å². The molecule has 0 aromatic heterocycles. The van der Waals surface area contributed by atoms with Gasteiger partial charge in [-0.15, -0.1) is 0 Å². The second kappa shape index (κ2) is 7.52. The van der Waals surface area contributed by atoms with E-state index in [0.717, 1.165) is 0 Å². The molecule has 1 N–H and O–H groups in total. The van der Waals surface area contributed by atoms with E-state index in [1.807, 2.05) is 0 Å². The van der Waals surface area contributed by atoms with Crippen LogP contribution in [0.15, 0.2) is 35.5 Å². The molecule has 0 fully saturated rings. The van der Waals surface area contributed by atoms with E-state index in [1.54, 1.807) is 0 Å². The number of amides is 1. The molecular formula is C12H13BrN2O4. The second-order valence-corrected chi connectivity index (χ2v) is 4.42. The maximum absolute atomic E-state index is 11.8. The summed E-state index contributed by atoms with van der Waals surface area (Å²) in [5.41, 5.74) is 0.113. The lowest BCUT2D eigenvalue weighted by Gasteiger charge is -2.06. The SMILES string of the molecule is C=COCCCNC(=O)c1cc([N+](=O)[O-])ccc1Br. The Labute approximate surface area is 118 Å². The Morgan fingerprint density at radius 2 is 2.32 bits per heavy atom. The van der Waals surface area contributed by atoms with E-state index in [-0.39, 0.29) is 17.2 Å². The fourth-order valence-electron chi connectivity index (χ4n) is 1.34. The summed E-state index contributed by atoms with van der Waals surface area (Å²) in [6, 6.07) is 4.05. The molecule has 0 heterocycles. The lowest BCUT2D eigenvalue weighted by atomic mass is 10.2. The molecule has 0 unspecified atom stereocenters. The molecule has 1 rings (SSSR count). The molecule has 0 aliphatic rings. The van der Waals surface area contributed by atoms with Gasteiger partial charge >= 0.3 is 0 Å². The maximum atomic E-state index is 11.8. The highest BCUT2D eigenvalue weighted by atomic mass is 79.9. The van der Waals surface area contributed by atoms with Crippen LogP contribution in [0.5, 0.6) is 0 Å². The van der Waals surface area contributed by atoms with Crippen LogP contribution in [0.2, 0.25) is 0 Å². The van der Waals surface area contributed by atoms with Crippen molar-refractivity contribution >= 4 is 27.5 Å². The Balaban J connectivity index is 2.63. The van der Waals surface area contributed by atoms with Crippen LogP contribution in [0.3, 0.4) is 0 Å². The van der Waals surface area contributed by atoms with Gasteiger partial charge in [-0.2, -0.15) is 0 Å². The highest BCUT2D eigenvalue weighted by molar-refractivity contribution is 9.10. The molecule has 7 heteroatoms. The highest BCUT2D eigenvalue weighted by Gasteiger charge is 2.14. The Bertz CT molecular complexity index is 491. The number of nitrogens with zero attached hydrogens (tertiary/aromatic N) is 1. The number of nitro groups is 1. The average molecular weight is 329 g/mol. The van der Waals surface area contributed by atoms with E-state index in [0.29, 0.717) is 24.0 Å². The monoisotopic (exact) mass is 328 g/mol. The summed E-state index contributed by atoms with van der Waals surface area (Å²) in [6.07, 6.45) is 1.96. The van der Waals surface area contributed by atoms with Crippen LogP contribution in [0, 0.1) is 10.1 Å². The van der Waals surface area contributed by atoms with Gasteiger partial charge in [-0.1, -0.05) is 6.58 Å². The molecule has 0 bridgehead atoms. The average Bonchev–Trinajstić information content (AvgIpc) is 2.38. The Morgan fingerprint density at radius 1 is 1.58 bits per heavy atom. The van der Waals surface area contributed by atoms with Crippen LogP contribution >= 0.6 is 15.9 Å². The molecule has 1 amide bonds. The normalized spacial score (nSPS) is 9.74. The van der Waals surface area contributed by atoms with E-state index in [9.17, 15) is 14.9 Å². The standard InChI is InChI=1S/C12H13BrN2O4/c1-2-19-7-3-6-14-12(16)10-8-9(15(17)18)4-5-11(10)13/h2,4-5,8H,1,3,6-7H2,(H,14,16). The molecule has 102 valence electrons. The summed E-state index contributed by atoms with van der Waals surface area (Å²) in [4.78, 5) is 22.0. The van der Waals surface area contributed by atoms with Gasteiger partial charge < -0.3 is 10.1 Å². The predicted octanol–water partition coefficient (Wildman–Crippen LogP) is 2.64. The molecule has 0 saturated carbocycles. The topological polar surface area (TPSA) is 81.5 Å². The van der Waals surface area contributed by atoms with E-state index < -0.39 is 4.92 Å². The number of benzene rings is 1. The number of non-ortho nitro benzene ring substituents is 1. The number of halogens is 1. The fourth-order valence-corrected chi connectivity index (χ4v) is 1.76. The largest absolute Gasteiger partial charge is 0.502 e. The minimum Gasteiger partial charge on any atom is -0.502 e. The summed E-state index contributed by atoms with van der Waals surface area (Å²) in [5, 5.41) is 13.3. The van der Waals surface area contributed by atoms with E-state index in [4.69, 9.17) is 4.74 Å². The van der Waals surface area contributed by atoms with Crippen molar-refractivity contribution in [2.45, 2.75) is 6.42 Å². The summed E-state index contributed by atoms with van der Waals surface area (Å²) in [6.45, 7) is 4.28. The van der Waals surface area contributed by atoms with Gasteiger partial charge in [0.25, 0.3) is 11.6 Å². The van der Waals surface area contributed by atoms with Crippen LogP contribution in [-0.2, 0) is 4.74 Å². The van der Waals surface area contributed by atoms with Gasteiger partial charge in [0.15, 0.2) is 0 Å². The summed E-state index contributed by atoms with van der Waals surface area (Å²) < 4.78 is 5.42. The number of carbonyl (C=O) groups is 1. The minimum absolute atomic E-state index is 0.122. The van der Waals surface area contributed by atoms with Crippen LogP contribution in [-0.4, -0.2) is 24.0 Å². The van der Waals surface area contributed by atoms with Gasteiger partial charge in [0.2, 0.25) is 0 Å². The van der Waals surface area contributed by atoms with Crippen molar-refractivity contribution < 1.29 is 14.5 Å². The summed E-state index contributed by atoms with van der Waals surface area (Å²) >= 11 is 3.19. The Kier molecular flexibility index (Phi) is 6.01. The number of hydrogen-bond acceptors (Lipinski definition) is 4. The van der Waals surface area contributed by atoms with Gasteiger partial charge in [-0.05, 0) is 28.4 Å². The van der Waals surface area contributed by atoms with E-state index in [1.165, 1.54) is 24.5 Å². The Hall–Kier alpha value is -1.89. The molecule has 0 saturated heterocycles. The minimum atomic E-state index is -0.541. The van der Waals surface area contributed by atoms with Crippen molar-refractivity contribution in [2.24, 2.45) is 0 Å². The predicted molar refractivity (Wildman–Crippen MR) is 73.9 cm³/mol. The molecule has 0 radical (unpaired) electrons. The first-order chi connectivity index (χ1) is 9.06. The number of nitrogens with one attached hydrogen (secondary N) is 1. The molecule has 1 aromatic carbocycles. The zero-order valence-corrected chi connectivity index (χ0v) is 11.7. The number of carbonyl (C=O) groups excluding carboxylic acids is 1. The number of ether oxygens (including phenoxy) is 1. The molecule has 19 heavy (non-hydrogen) atoms. The first-order valence-corrected chi connectivity index (χ1v) is 6.30. The first kappa shape index (κ1) is 15.2. The van der Waals surface area contributed by atoms with Gasteiger partial charge in [0.05, 0.1) is 23.4 Å². The molecule has 6 nitrogen and oxygen atoms in total. The quantitative estimate of drug-likeness (QED) is 0.361. The van der Waals surface area contributed by atoms with Gasteiger partial charge in [-0.25, -0.2) is 0 Å². The lowest BCUT2D eigenvalue weighted by molar-refractivity contribution is -0.384. The lowest BCUT2D eigenvalue weighted by Crippen LogP contribution is -2.25. The molecule has 0 aliphatic carbocycles. The molecule has 0 atom stereocenters. The van der Waals surface area contributed by atoms with Gasteiger partial charge in [0, 0.05) is 23.2 Å². The smallest absolute Gasteiger partial charge is 0.270 e. The van der Waals surface area contributed by atoms with E-state index in [2.05, 4.69) is 27.8 Å². The molecular weight excluding hydrogens is 316 g/mol. The van der Waals surface area contributed by atoms with Crippen LogP contribution in [0.1, 0.15) is 16.8 Å². The zero-order chi connectivity index (χ0) is 14.3. The van der Waals surface area contributed by atoms with Crippen molar-refractivity contribution in [1.82, 2.24) is 5.32 Å². The molecule has 0 spiro atoms. The Morgan fingerprint density at radius 3 is 2.95 bits per heavy atom. The third-order valence-electron chi connectivity index (χ3n) is 2.25. The molecule has 0 aliphatic heterocycles. The van der Waals surface area contributed by atoms with Crippen molar-refractivity contribution in [3.05, 3.63) is 51.2 Å². The van der Waals surface area contributed by atoms with Crippen molar-refractivity contribution in [3.63, 3.8) is 0 Å². The number of hydrogen-bond donors (Lipinski definition) is 1. The first-order valence-electron chi connectivity index (χ1n) is 5.51. The number of rotatable bonds is 7. The van der Waals surface area contributed by atoms with Crippen molar-refractivity contribution in [3.8, 4) is 0 Å². The van der Waals surface area contributed by atoms with Crippen LogP contribution < -0.4 is 5.32 Å². The van der Waals surface area contributed by atoms with Gasteiger partial charge in [-0.3, -0.25) is 14.9 Å². The fraction of sp³-hybridized carbons (Fsp3) is 0.250. The third-order valence-corrected chi connectivity index (χ3v) is 2.94. The summed E-state index contributed by atoms with van der Waals surface area (Å²) in [5.74, 6) is -0.367. The third kappa shape index (κ3) is 4.70. The van der Waals surface area contributed by atoms with E-state index >= 15 is 0 Å². The van der Waals surface area contributed by atoms with Crippen molar-refractivity contribution in [2.75, 3.05) is 13.2 Å². The zero-order valence-electron chi connectivity index (χ0n) is 10.1. The van der Waals surface area contributed by atoms with Crippen LogP contribution in [0.25, 0.3) is 0 Å². The summed E-state index contributed by atoms with van der Waals surface area (Å²) in [7, 11) is 0.